The number of hydrogen-bond acceptors (Lipinski definition) is 3. The van der Waals surface area contributed by atoms with Crippen LogP contribution in [0.5, 0.6) is 0 Å². The number of carbonyl (C=O) groups is 1. The molecule has 1 aromatic rings. The molecule has 0 bridgehead atoms. The van der Waals surface area contributed by atoms with Crippen LogP contribution in [0.2, 0.25) is 0 Å². The SMILES string of the molecule is CC(C)OC(=O)C1(N)CC1c1ccc(F)cc1. The molecule has 0 aliphatic heterocycles. The van der Waals surface area contributed by atoms with E-state index in [0.29, 0.717) is 6.42 Å². The van der Waals surface area contributed by atoms with E-state index in [1.54, 1.807) is 26.0 Å². The smallest absolute Gasteiger partial charge is 0.327 e. The maximum Gasteiger partial charge on any atom is 0.327 e. The molecule has 0 amide bonds. The molecule has 2 atom stereocenters. The Labute approximate surface area is 99.8 Å². The first kappa shape index (κ1) is 12.0. The van der Waals surface area contributed by atoms with Crippen molar-refractivity contribution in [3.63, 3.8) is 0 Å². The summed E-state index contributed by atoms with van der Waals surface area (Å²) < 4.78 is 17.9. The number of esters is 1. The lowest BCUT2D eigenvalue weighted by Crippen LogP contribution is -2.37. The highest BCUT2D eigenvalue weighted by atomic mass is 19.1. The predicted octanol–water partition coefficient (Wildman–Crippen LogP) is 1.96. The molecule has 0 radical (unpaired) electrons. The number of ether oxygens (including phenoxy) is 1. The molecular weight excluding hydrogens is 221 g/mol. The molecule has 4 heteroatoms. The van der Waals surface area contributed by atoms with Crippen molar-refractivity contribution < 1.29 is 13.9 Å². The van der Waals surface area contributed by atoms with Crippen molar-refractivity contribution in [2.75, 3.05) is 0 Å². The van der Waals surface area contributed by atoms with Crippen LogP contribution in [0.15, 0.2) is 24.3 Å². The summed E-state index contributed by atoms with van der Waals surface area (Å²) in [4.78, 5) is 11.8. The predicted molar refractivity (Wildman–Crippen MR) is 61.9 cm³/mol. The Morgan fingerprint density at radius 2 is 2.06 bits per heavy atom. The third kappa shape index (κ3) is 2.31. The highest BCUT2D eigenvalue weighted by Gasteiger charge is 2.59. The summed E-state index contributed by atoms with van der Waals surface area (Å²) in [6, 6.07) is 6.08. The van der Waals surface area contributed by atoms with Crippen molar-refractivity contribution in [2.45, 2.75) is 37.8 Å². The van der Waals surface area contributed by atoms with Gasteiger partial charge in [-0.3, -0.25) is 4.79 Å². The second-order valence-electron chi connectivity index (χ2n) is 4.80. The summed E-state index contributed by atoms with van der Waals surface area (Å²) in [6.45, 7) is 3.58. The lowest BCUT2D eigenvalue weighted by molar-refractivity contribution is -0.150. The van der Waals surface area contributed by atoms with Crippen LogP contribution in [-0.2, 0) is 9.53 Å². The zero-order valence-corrected chi connectivity index (χ0v) is 9.94. The molecule has 1 aliphatic rings. The van der Waals surface area contributed by atoms with Crippen LogP contribution in [0, 0.1) is 5.82 Å². The Hall–Kier alpha value is -1.42. The Kier molecular flexibility index (Phi) is 2.91. The van der Waals surface area contributed by atoms with E-state index < -0.39 is 5.54 Å². The third-order valence-corrected chi connectivity index (χ3v) is 3.00. The van der Waals surface area contributed by atoms with E-state index in [4.69, 9.17) is 10.5 Å². The zero-order chi connectivity index (χ0) is 12.6. The van der Waals surface area contributed by atoms with Gasteiger partial charge in [0.1, 0.15) is 11.4 Å². The molecule has 1 saturated carbocycles. The van der Waals surface area contributed by atoms with E-state index in [-0.39, 0.29) is 23.8 Å². The summed E-state index contributed by atoms with van der Waals surface area (Å²) in [6.07, 6.45) is 0.391. The van der Waals surface area contributed by atoms with Crippen LogP contribution in [0.25, 0.3) is 0 Å². The van der Waals surface area contributed by atoms with Crippen LogP contribution in [0.1, 0.15) is 31.7 Å². The minimum atomic E-state index is -0.928. The van der Waals surface area contributed by atoms with E-state index in [9.17, 15) is 9.18 Å². The third-order valence-electron chi connectivity index (χ3n) is 3.00. The Balaban J connectivity index is 2.08. The standard InChI is InChI=1S/C13H16FNO2/c1-8(2)17-12(16)13(15)7-11(13)9-3-5-10(14)6-4-9/h3-6,8,11H,7,15H2,1-2H3. The molecule has 0 heterocycles. The van der Waals surface area contributed by atoms with Gasteiger partial charge in [0.25, 0.3) is 0 Å². The van der Waals surface area contributed by atoms with E-state index in [1.165, 1.54) is 12.1 Å². The number of nitrogens with two attached hydrogens (primary N) is 1. The van der Waals surface area contributed by atoms with Gasteiger partial charge in [-0.1, -0.05) is 12.1 Å². The van der Waals surface area contributed by atoms with Crippen molar-refractivity contribution >= 4 is 5.97 Å². The van der Waals surface area contributed by atoms with Gasteiger partial charge in [0.15, 0.2) is 0 Å². The van der Waals surface area contributed by atoms with E-state index >= 15 is 0 Å². The maximum absolute atomic E-state index is 12.8. The van der Waals surface area contributed by atoms with Crippen LogP contribution < -0.4 is 5.73 Å². The average molecular weight is 237 g/mol. The average Bonchev–Trinajstić information content (AvgIpc) is 2.92. The Morgan fingerprint density at radius 3 is 2.59 bits per heavy atom. The molecule has 1 aliphatic carbocycles. The number of benzene rings is 1. The van der Waals surface area contributed by atoms with Gasteiger partial charge < -0.3 is 10.5 Å². The van der Waals surface area contributed by atoms with Gasteiger partial charge in [0, 0.05) is 5.92 Å². The van der Waals surface area contributed by atoms with Gasteiger partial charge in [0.05, 0.1) is 6.10 Å². The fourth-order valence-corrected chi connectivity index (χ4v) is 1.94. The van der Waals surface area contributed by atoms with Gasteiger partial charge in [-0.25, -0.2) is 4.39 Å². The van der Waals surface area contributed by atoms with Gasteiger partial charge in [-0.05, 0) is 38.0 Å². The fraction of sp³-hybridized carbons (Fsp3) is 0.462. The van der Waals surface area contributed by atoms with Crippen LogP contribution in [-0.4, -0.2) is 17.6 Å². The summed E-state index contributed by atoms with van der Waals surface area (Å²) in [5, 5.41) is 0. The lowest BCUT2D eigenvalue weighted by atomic mass is 10.1. The Morgan fingerprint density at radius 1 is 1.47 bits per heavy atom. The minimum Gasteiger partial charge on any atom is -0.462 e. The first-order valence-electron chi connectivity index (χ1n) is 5.69. The molecule has 0 saturated heterocycles. The quantitative estimate of drug-likeness (QED) is 0.818. The number of carbonyl (C=O) groups excluding carboxylic acids is 1. The second-order valence-corrected chi connectivity index (χ2v) is 4.80. The first-order chi connectivity index (χ1) is 7.93. The fourth-order valence-electron chi connectivity index (χ4n) is 1.94. The molecule has 1 fully saturated rings. The second kappa shape index (κ2) is 4.11. The summed E-state index contributed by atoms with van der Waals surface area (Å²) in [5.41, 5.74) is 5.94. The van der Waals surface area contributed by atoms with E-state index in [1.807, 2.05) is 0 Å². The highest BCUT2D eigenvalue weighted by molar-refractivity contribution is 5.86. The molecule has 92 valence electrons. The maximum atomic E-state index is 12.8. The summed E-state index contributed by atoms with van der Waals surface area (Å²) in [7, 11) is 0. The normalized spacial score (nSPS) is 27.0. The van der Waals surface area contributed by atoms with Crippen LogP contribution in [0.4, 0.5) is 4.39 Å². The van der Waals surface area contributed by atoms with Crippen molar-refractivity contribution in [1.29, 1.82) is 0 Å². The molecule has 2 unspecified atom stereocenters. The van der Waals surface area contributed by atoms with Gasteiger partial charge in [0.2, 0.25) is 0 Å². The summed E-state index contributed by atoms with van der Waals surface area (Å²) >= 11 is 0. The number of rotatable bonds is 3. The largest absolute Gasteiger partial charge is 0.462 e. The zero-order valence-electron chi connectivity index (χ0n) is 9.94. The van der Waals surface area contributed by atoms with Crippen molar-refractivity contribution in [3.8, 4) is 0 Å². The molecule has 3 nitrogen and oxygen atoms in total. The molecule has 2 N–H and O–H groups in total. The number of hydrogen-bond donors (Lipinski definition) is 1. The molecule has 0 aromatic heterocycles. The molecule has 0 spiro atoms. The topological polar surface area (TPSA) is 52.3 Å². The van der Waals surface area contributed by atoms with Crippen molar-refractivity contribution in [3.05, 3.63) is 35.6 Å². The van der Waals surface area contributed by atoms with Crippen molar-refractivity contribution in [2.24, 2.45) is 5.73 Å². The van der Waals surface area contributed by atoms with Crippen LogP contribution >= 0.6 is 0 Å². The minimum absolute atomic E-state index is 0.0608. The highest BCUT2D eigenvalue weighted by Crippen LogP contribution is 2.50. The Bertz CT molecular complexity index is 430. The molecule has 2 rings (SSSR count). The van der Waals surface area contributed by atoms with Gasteiger partial charge in [-0.15, -0.1) is 0 Å². The summed E-state index contributed by atoms with van der Waals surface area (Å²) in [5.74, 6) is -0.724. The molecular formula is C13H16FNO2. The molecule has 17 heavy (non-hydrogen) atoms. The van der Waals surface area contributed by atoms with Crippen molar-refractivity contribution in [1.82, 2.24) is 0 Å². The van der Waals surface area contributed by atoms with Gasteiger partial charge >= 0.3 is 5.97 Å². The van der Waals surface area contributed by atoms with E-state index in [0.717, 1.165) is 5.56 Å². The molecule has 1 aromatic carbocycles. The first-order valence-corrected chi connectivity index (χ1v) is 5.69. The van der Waals surface area contributed by atoms with E-state index in [2.05, 4.69) is 0 Å². The number of halogens is 1. The van der Waals surface area contributed by atoms with Crippen LogP contribution in [0.3, 0.4) is 0 Å². The monoisotopic (exact) mass is 237 g/mol. The van der Waals surface area contributed by atoms with Gasteiger partial charge in [-0.2, -0.15) is 0 Å². The lowest BCUT2D eigenvalue weighted by Gasteiger charge is -2.14.